The Morgan fingerprint density at radius 3 is 2.49 bits per heavy atom. The Morgan fingerprint density at radius 2 is 1.72 bits per heavy atom. The number of carbonyl (C=O) groups excluding carboxylic acids is 4. The van der Waals surface area contributed by atoms with Crippen LogP contribution in [0, 0.1) is 5.92 Å². The molecular formula is C40H43N9O4. The van der Waals surface area contributed by atoms with Crippen LogP contribution in [0.25, 0.3) is 22.3 Å². The number of fused-ring (bicyclic) bond motifs is 4. The van der Waals surface area contributed by atoms with Gasteiger partial charge in [-0.05, 0) is 101 Å². The van der Waals surface area contributed by atoms with Gasteiger partial charge in [0.2, 0.25) is 11.8 Å². The third kappa shape index (κ3) is 5.67. The summed E-state index contributed by atoms with van der Waals surface area (Å²) in [5.41, 5.74) is 7.64. The van der Waals surface area contributed by atoms with Gasteiger partial charge in [-0.1, -0.05) is 0 Å². The molecule has 272 valence electrons. The number of rotatable bonds is 10. The average Bonchev–Trinajstić information content (AvgIpc) is 3.47. The van der Waals surface area contributed by atoms with Crippen molar-refractivity contribution >= 4 is 46.0 Å². The highest BCUT2D eigenvalue weighted by Gasteiger charge is 2.45. The van der Waals surface area contributed by atoms with E-state index in [0.717, 1.165) is 83.9 Å². The Hall–Kier alpha value is -5.17. The number of carbonyl (C=O) groups is 4. The normalized spacial score (nSPS) is 26.8. The van der Waals surface area contributed by atoms with Crippen LogP contribution in [0.2, 0.25) is 0 Å². The molecular weight excluding hydrogens is 670 g/mol. The molecule has 2 aromatic heterocycles. The number of piperidine rings is 1. The van der Waals surface area contributed by atoms with Crippen molar-refractivity contribution in [2.45, 2.75) is 87.9 Å². The molecule has 3 atom stereocenters. The average molecular weight is 714 g/mol. The van der Waals surface area contributed by atoms with Crippen LogP contribution in [0.1, 0.15) is 96.2 Å². The van der Waals surface area contributed by atoms with Crippen molar-refractivity contribution in [2.24, 2.45) is 5.92 Å². The first-order valence-corrected chi connectivity index (χ1v) is 19.2. The predicted molar refractivity (Wildman–Crippen MR) is 198 cm³/mol. The number of aromatic nitrogens is 4. The number of nitrogens with zero attached hydrogens (tertiary/aromatic N) is 7. The first-order chi connectivity index (χ1) is 25.8. The Balaban J connectivity index is 0.742. The first kappa shape index (κ1) is 32.5. The zero-order chi connectivity index (χ0) is 36.0. The van der Waals surface area contributed by atoms with Crippen molar-refractivity contribution in [1.82, 2.24) is 34.9 Å². The summed E-state index contributed by atoms with van der Waals surface area (Å²) in [6.45, 7) is 2.96. The van der Waals surface area contributed by atoms with Gasteiger partial charge in [-0.25, -0.2) is 4.98 Å². The molecule has 10 rings (SSSR count). The summed E-state index contributed by atoms with van der Waals surface area (Å²) in [5, 5.41) is 10.8. The zero-order valence-corrected chi connectivity index (χ0v) is 29.8. The molecule has 2 saturated carbocycles. The minimum absolute atomic E-state index is 0.0996. The molecule has 6 heterocycles. The van der Waals surface area contributed by atoms with Crippen LogP contribution in [0.3, 0.4) is 0 Å². The molecule has 6 aliphatic rings. The van der Waals surface area contributed by atoms with Gasteiger partial charge in [0, 0.05) is 67.2 Å². The van der Waals surface area contributed by atoms with Crippen molar-refractivity contribution in [3.63, 3.8) is 0 Å². The molecule has 2 aromatic carbocycles. The third-order valence-electron chi connectivity index (χ3n) is 12.5. The summed E-state index contributed by atoms with van der Waals surface area (Å²) in [7, 11) is 2.23. The maximum Gasteiger partial charge on any atom is 0.262 e. The fourth-order valence-corrected chi connectivity index (χ4v) is 9.29. The van der Waals surface area contributed by atoms with E-state index in [0.29, 0.717) is 30.0 Å². The molecule has 13 nitrogen and oxygen atoms in total. The van der Waals surface area contributed by atoms with Crippen LogP contribution in [0.4, 0.5) is 11.4 Å². The van der Waals surface area contributed by atoms with Crippen LogP contribution in [0.15, 0.2) is 48.8 Å². The second-order valence-electron chi connectivity index (χ2n) is 16.0. The third-order valence-corrected chi connectivity index (χ3v) is 12.5. The van der Waals surface area contributed by atoms with Crippen LogP contribution in [-0.4, -0.2) is 98.0 Å². The highest BCUT2D eigenvalue weighted by molar-refractivity contribution is 6.23. The van der Waals surface area contributed by atoms with E-state index in [2.05, 4.69) is 56.6 Å². The Bertz CT molecular complexity index is 2190. The number of hydrogen-bond donors (Lipinski definition) is 2. The van der Waals surface area contributed by atoms with Gasteiger partial charge in [0.1, 0.15) is 6.04 Å². The van der Waals surface area contributed by atoms with Crippen molar-refractivity contribution in [3.05, 3.63) is 65.6 Å². The van der Waals surface area contributed by atoms with Crippen molar-refractivity contribution in [3.8, 4) is 11.3 Å². The number of likely N-dealkylation sites (tertiary alicyclic amines) is 1. The number of amides is 4. The molecule has 2 aliphatic carbocycles. The molecule has 1 unspecified atom stereocenters. The van der Waals surface area contributed by atoms with Crippen LogP contribution in [-0.2, 0) is 9.59 Å². The summed E-state index contributed by atoms with van der Waals surface area (Å²) in [5.74, 6) is -0.840. The number of likely N-dealkylation sites (N-methyl/N-ethyl adjacent to an activating group) is 1. The molecule has 3 saturated heterocycles. The Morgan fingerprint density at radius 1 is 0.868 bits per heavy atom. The van der Waals surface area contributed by atoms with Crippen molar-refractivity contribution in [2.75, 3.05) is 36.9 Å². The van der Waals surface area contributed by atoms with Gasteiger partial charge in [0.25, 0.3) is 11.8 Å². The van der Waals surface area contributed by atoms with E-state index in [1.807, 2.05) is 6.20 Å². The van der Waals surface area contributed by atoms with Crippen LogP contribution in [0.5, 0.6) is 0 Å². The Kier molecular flexibility index (Phi) is 7.64. The smallest absolute Gasteiger partial charge is 0.262 e. The molecule has 2 N–H and O–H groups in total. The lowest BCUT2D eigenvalue weighted by Crippen LogP contribution is -2.54. The molecule has 53 heavy (non-hydrogen) atoms. The van der Waals surface area contributed by atoms with Gasteiger partial charge in [-0.15, -0.1) is 0 Å². The summed E-state index contributed by atoms with van der Waals surface area (Å²) in [4.78, 5) is 66.1. The monoisotopic (exact) mass is 713 g/mol. The lowest BCUT2D eigenvalue weighted by Gasteiger charge is -2.35. The molecule has 13 heteroatoms. The molecule has 4 aromatic rings. The van der Waals surface area contributed by atoms with E-state index in [1.165, 1.54) is 24.9 Å². The second-order valence-corrected chi connectivity index (χ2v) is 16.0. The molecule has 2 bridgehead atoms. The number of imide groups is 2. The maximum absolute atomic E-state index is 13.2. The topological polar surface area (TPSA) is 146 Å². The number of piperazine rings is 1. The zero-order valence-electron chi connectivity index (χ0n) is 29.8. The van der Waals surface area contributed by atoms with Gasteiger partial charge in [0.15, 0.2) is 0 Å². The molecule has 5 fully saturated rings. The number of hydrogen-bond acceptors (Lipinski definition) is 10. The summed E-state index contributed by atoms with van der Waals surface area (Å²) >= 11 is 0. The van der Waals surface area contributed by atoms with E-state index >= 15 is 0 Å². The maximum atomic E-state index is 13.2. The highest BCUT2D eigenvalue weighted by Crippen LogP contribution is 2.46. The molecule has 4 amide bonds. The molecule has 0 radical (unpaired) electrons. The largest absolute Gasteiger partial charge is 0.385 e. The fraction of sp³-hybridized carbons (Fsp3) is 0.475. The SMILES string of the molecule is CN1C[C@H]2C[C@@H]1CN2c1ccc2nc(-c3cn(C4CC(CCCNc5ccc6c(c5)C(=O)N(C5CCC(=O)NC5=O)C6=O)C4)nc3C3CC3)cnc2c1. The van der Waals surface area contributed by atoms with E-state index in [9.17, 15) is 19.2 Å². The number of nitrogens with one attached hydrogen (secondary N) is 2. The van der Waals surface area contributed by atoms with Gasteiger partial charge < -0.3 is 10.2 Å². The van der Waals surface area contributed by atoms with E-state index in [-0.39, 0.29) is 29.9 Å². The minimum Gasteiger partial charge on any atom is -0.385 e. The van der Waals surface area contributed by atoms with Gasteiger partial charge >= 0.3 is 0 Å². The van der Waals surface area contributed by atoms with Crippen molar-refractivity contribution < 1.29 is 19.2 Å². The second kappa shape index (κ2) is 12.5. The number of anilines is 2. The van der Waals surface area contributed by atoms with Gasteiger partial charge in [0.05, 0.1) is 45.8 Å². The Labute approximate surface area is 307 Å². The lowest BCUT2D eigenvalue weighted by atomic mass is 9.77. The van der Waals surface area contributed by atoms with Gasteiger partial charge in [-0.2, -0.15) is 5.10 Å². The molecule has 4 aliphatic heterocycles. The predicted octanol–water partition coefficient (Wildman–Crippen LogP) is 4.51. The summed E-state index contributed by atoms with van der Waals surface area (Å²) < 4.78 is 2.19. The first-order valence-electron chi connectivity index (χ1n) is 19.2. The van der Waals surface area contributed by atoms with E-state index in [1.54, 1.807) is 18.2 Å². The lowest BCUT2D eigenvalue weighted by molar-refractivity contribution is -0.136. The highest BCUT2D eigenvalue weighted by atomic mass is 16.2. The summed E-state index contributed by atoms with van der Waals surface area (Å²) in [6, 6.07) is 12.4. The van der Waals surface area contributed by atoms with E-state index < -0.39 is 23.8 Å². The van der Waals surface area contributed by atoms with E-state index in [4.69, 9.17) is 15.1 Å². The van der Waals surface area contributed by atoms with Crippen LogP contribution < -0.4 is 15.5 Å². The quantitative estimate of drug-likeness (QED) is 0.178. The minimum atomic E-state index is -0.963. The number of benzene rings is 2. The summed E-state index contributed by atoms with van der Waals surface area (Å²) in [6.07, 6.45) is 12.2. The standard InChI is InChI=1S/C40H43N9O4/c1-46-19-28-16-27(46)20-47(28)25-7-9-32-33(17-25)42-18-34(43-32)31-21-48(45-37(31)23-4-5-23)26-13-22(14-26)3-2-12-41-24-6-8-29-30(15-24)40(53)49(39(29)52)35-10-11-36(50)44-38(35)51/h6-9,15,17-18,21-23,26-28,35,41H,2-5,10-14,16,19-20H2,1H3,(H,44,50,51)/t22?,26?,27-,28-,35?/m1/s1. The van der Waals surface area contributed by atoms with Crippen molar-refractivity contribution in [1.29, 1.82) is 0 Å². The molecule has 0 spiro atoms. The van der Waals surface area contributed by atoms with Crippen LogP contribution >= 0.6 is 0 Å². The fourth-order valence-electron chi connectivity index (χ4n) is 9.29. The van der Waals surface area contributed by atoms with Gasteiger partial charge in [-0.3, -0.25) is 44.0 Å².